The van der Waals surface area contributed by atoms with Gasteiger partial charge in [0.05, 0.1) is 11.8 Å². The summed E-state index contributed by atoms with van der Waals surface area (Å²) in [5.74, 6) is 0.0628. The van der Waals surface area contributed by atoms with Gasteiger partial charge in [-0.05, 0) is 12.0 Å². The van der Waals surface area contributed by atoms with Crippen LogP contribution in [0.5, 0.6) is 0 Å². The summed E-state index contributed by atoms with van der Waals surface area (Å²) in [4.78, 5) is 2.04. The van der Waals surface area contributed by atoms with E-state index in [1.165, 1.54) is 4.31 Å². The van der Waals surface area contributed by atoms with Crippen LogP contribution in [0, 0.1) is 11.3 Å². The minimum atomic E-state index is -3.30. The van der Waals surface area contributed by atoms with Crippen LogP contribution in [0.1, 0.15) is 12.0 Å². The fraction of sp³-hybridized carbons (Fsp3) is 0.438. The van der Waals surface area contributed by atoms with E-state index in [-0.39, 0.29) is 12.3 Å². The predicted molar refractivity (Wildman–Crippen MR) is 86.4 cm³/mol. The average molecular weight is 319 g/mol. The van der Waals surface area contributed by atoms with E-state index in [0.29, 0.717) is 26.1 Å². The summed E-state index contributed by atoms with van der Waals surface area (Å²) in [5, 5.41) is 9.37. The summed E-state index contributed by atoms with van der Waals surface area (Å²) in [6, 6.07) is 11.7. The molecule has 118 valence electrons. The van der Waals surface area contributed by atoms with Gasteiger partial charge in [-0.1, -0.05) is 36.4 Å². The molecule has 0 spiro atoms. The molecule has 0 amide bonds. The smallest absolute Gasteiger partial charge is 0.214 e. The highest BCUT2D eigenvalue weighted by Crippen LogP contribution is 2.17. The third kappa shape index (κ3) is 4.17. The van der Waals surface area contributed by atoms with Gasteiger partial charge in [-0.3, -0.25) is 4.90 Å². The van der Waals surface area contributed by atoms with Crippen molar-refractivity contribution in [1.29, 1.82) is 5.26 Å². The molecule has 0 bridgehead atoms. The molecule has 1 aromatic rings. The maximum atomic E-state index is 12.2. The third-order valence-electron chi connectivity index (χ3n) is 3.80. The zero-order valence-corrected chi connectivity index (χ0v) is 13.4. The lowest BCUT2D eigenvalue weighted by Crippen LogP contribution is -2.54. The minimum Gasteiger partial charge on any atom is -0.281 e. The molecular formula is C16H21N3O2S. The van der Waals surface area contributed by atoms with Crippen molar-refractivity contribution in [2.75, 3.05) is 25.4 Å². The van der Waals surface area contributed by atoms with Gasteiger partial charge in [0.1, 0.15) is 6.04 Å². The Morgan fingerprint density at radius 2 is 2.05 bits per heavy atom. The first kappa shape index (κ1) is 16.7. The first-order chi connectivity index (χ1) is 10.6. The van der Waals surface area contributed by atoms with Gasteiger partial charge in [0, 0.05) is 26.2 Å². The second-order valence-corrected chi connectivity index (χ2v) is 7.44. The summed E-state index contributed by atoms with van der Waals surface area (Å²) in [7, 11) is -3.30. The van der Waals surface area contributed by atoms with Gasteiger partial charge in [0.15, 0.2) is 0 Å². The van der Waals surface area contributed by atoms with Crippen LogP contribution in [0.2, 0.25) is 0 Å². The maximum Gasteiger partial charge on any atom is 0.214 e. The largest absolute Gasteiger partial charge is 0.281 e. The van der Waals surface area contributed by atoms with E-state index in [1.807, 2.05) is 35.2 Å². The van der Waals surface area contributed by atoms with Crippen molar-refractivity contribution >= 4 is 10.0 Å². The SMILES string of the molecule is C=CCCS(=O)(=O)N1CCN(Cc2ccccc2)[C@H](C#N)C1. The van der Waals surface area contributed by atoms with E-state index in [2.05, 4.69) is 12.6 Å². The first-order valence-electron chi connectivity index (χ1n) is 7.33. The van der Waals surface area contributed by atoms with Crippen molar-refractivity contribution in [3.05, 3.63) is 48.6 Å². The molecule has 0 N–H and O–H groups in total. The molecule has 1 heterocycles. The Balaban J connectivity index is 2.02. The van der Waals surface area contributed by atoms with Gasteiger partial charge >= 0.3 is 0 Å². The van der Waals surface area contributed by atoms with E-state index < -0.39 is 16.1 Å². The lowest BCUT2D eigenvalue weighted by Gasteiger charge is -2.37. The Morgan fingerprint density at radius 3 is 2.68 bits per heavy atom. The Hall–Kier alpha value is -1.68. The van der Waals surface area contributed by atoms with Crippen molar-refractivity contribution in [1.82, 2.24) is 9.21 Å². The summed E-state index contributed by atoms with van der Waals surface area (Å²) >= 11 is 0. The fourth-order valence-electron chi connectivity index (χ4n) is 2.54. The van der Waals surface area contributed by atoms with E-state index in [0.717, 1.165) is 5.56 Å². The van der Waals surface area contributed by atoms with Crippen LogP contribution in [0.3, 0.4) is 0 Å². The summed E-state index contributed by atoms with van der Waals surface area (Å²) < 4.78 is 25.9. The number of allylic oxidation sites excluding steroid dienone is 1. The van der Waals surface area contributed by atoms with Crippen molar-refractivity contribution in [2.24, 2.45) is 0 Å². The molecule has 1 atom stereocenters. The Bertz CT molecular complexity index is 637. The van der Waals surface area contributed by atoms with E-state index >= 15 is 0 Å². The molecule has 1 aliphatic rings. The highest BCUT2D eigenvalue weighted by Gasteiger charge is 2.32. The van der Waals surface area contributed by atoms with E-state index in [9.17, 15) is 13.7 Å². The number of hydrogen-bond donors (Lipinski definition) is 0. The van der Waals surface area contributed by atoms with Crippen LogP contribution in [-0.2, 0) is 16.6 Å². The van der Waals surface area contributed by atoms with Crippen LogP contribution in [0.15, 0.2) is 43.0 Å². The molecule has 0 aromatic heterocycles. The topological polar surface area (TPSA) is 64.4 Å². The van der Waals surface area contributed by atoms with Crippen LogP contribution >= 0.6 is 0 Å². The molecule has 5 nitrogen and oxygen atoms in total. The number of nitriles is 1. The third-order valence-corrected chi connectivity index (χ3v) is 5.67. The van der Waals surface area contributed by atoms with Crippen molar-refractivity contribution < 1.29 is 8.42 Å². The summed E-state index contributed by atoms with van der Waals surface area (Å²) in [5.41, 5.74) is 1.13. The summed E-state index contributed by atoms with van der Waals surface area (Å²) in [6.07, 6.45) is 2.04. The molecule has 1 saturated heterocycles. The molecule has 0 aliphatic carbocycles. The zero-order chi connectivity index (χ0) is 16.0. The maximum absolute atomic E-state index is 12.2. The standard InChI is InChI=1S/C16H21N3O2S/c1-2-3-11-22(20,21)19-10-9-18(16(12-17)14-19)13-15-7-5-4-6-8-15/h2,4-8,16H,1,3,9-11,13-14H2/t16-/m1/s1. The van der Waals surface area contributed by atoms with Gasteiger partial charge in [0.25, 0.3) is 0 Å². The number of rotatable bonds is 6. The molecule has 0 saturated carbocycles. The van der Waals surface area contributed by atoms with Gasteiger partial charge in [0.2, 0.25) is 10.0 Å². The molecule has 2 rings (SSSR count). The van der Waals surface area contributed by atoms with Crippen molar-refractivity contribution in [3.63, 3.8) is 0 Å². The van der Waals surface area contributed by atoms with Crippen LogP contribution in [-0.4, -0.2) is 49.1 Å². The van der Waals surface area contributed by atoms with E-state index in [4.69, 9.17) is 0 Å². The second-order valence-electron chi connectivity index (χ2n) is 5.35. The molecule has 22 heavy (non-hydrogen) atoms. The Morgan fingerprint density at radius 1 is 1.32 bits per heavy atom. The Labute approximate surface area is 132 Å². The van der Waals surface area contributed by atoms with Gasteiger partial charge in [-0.15, -0.1) is 6.58 Å². The monoisotopic (exact) mass is 319 g/mol. The first-order valence-corrected chi connectivity index (χ1v) is 8.94. The lowest BCUT2D eigenvalue weighted by molar-refractivity contribution is 0.143. The molecule has 6 heteroatoms. The quantitative estimate of drug-likeness (QED) is 0.747. The Kier molecular flexibility index (Phi) is 5.72. The molecule has 1 fully saturated rings. The van der Waals surface area contributed by atoms with Crippen LogP contribution < -0.4 is 0 Å². The van der Waals surface area contributed by atoms with Gasteiger partial charge in [-0.2, -0.15) is 9.57 Å². The average Bonchev–Trinajstić information content (AvgIpc) is 2.54. The molecule has 0 unspecified atom stereocenters. The van der Waals surface area contributed by atoms with Gasteiger partial charge < -0.3 is 0 Å². The van der Waals surface area contributed by atoms with Gasteiger partial charge in [-0.25, -0.2) is 8.42 Å². The molecule has 0 radical (unpaired) electrons. The molecule has 1 aliphatic heterocycles. The fourth-order valence-corrected chi connectivity index (χ4v) is 3.99. The number of piperazine rings is 1. The predicted octanol–water partition coefficient (Wildman–Crippen LogP) is 1.60. The zero-order valence-electron chi connectivity index (χ0n) is 12.6. The number of hydrogen-bond acceptors (Lipinski definition) is 4. The summed E-state index contributed by atoms with van der Waals surface area (Å²) in [6.45, 7) is 5.47. The highest BCUT2D eigenvalue weighted by molar-refractivity contribution is 7.89. The number of sulfonamides is 1. The van der Waals surface area contributed by atoms with E-state index in [1.54, 1.807) is 6.08 Å². The van der Waals surface area contributed by atoms with Crippen molar-refractivity contribution in [2.45, 2.75) is 19.0 Å². The highest BCUT2D eigenvalue weighted by atomic mass is 32.2. The molecular weight excluding hydrogens is 298 g/mol. The van der Waals surface area contributed by atoms with Crippen LogP contribution in [0.25, 0.3) is 0 Å². The normalized spacial score (nSPS) is 20.4. The molecule has 1 aromatic carbocycles. The number of benzene rings is 1. The lowest BCUT2D eigenvalue weighted by atomic mass is 10.1. The second kappa shape index (κ2) is 7.54. The van der Waals surface area contributed by atoms with Crippen LogP contribution in [0.4, 0.5) is 0 Å². The minimum absolute atomic E-state index is 0.0628. The number of nitrogens with zero attached hydrogens (tertiary/aromatic N) is 3. The van der Waals surface area contributed by atoms with Crippen molar-refractivity contribution in [3.8, 4) is 6.07 Å².